The van der Waals surface area contributed by atoms with Gasteiger partial charge in [-0.15, -0.1) is 0 Å². The molecule has 92 valence electrons. The number of carbonyl (C=O) groups is 1. The Bertz CT molecular complexity index is 419. The summed E-state index contributed by atoms with van der Waals surface area (Å²) < 4.78 is 12.8. The molecule has 0 atom stereocenters. The van der Waals surface area contributed by atoms with Crippen LogP contribution in [-0.2, 0) is 9.63 Å². The van der Waals surface area contributed by atoms with Gasteiger partial charge in [-0.05, 0) is 24.6 Å². The fourth-order valence-electron chi connectivity index (χ4n) is 1.62. The third-order valence-electron chi connectivity index (χ3n) is 2.43. The van der Waals surface area contributed by atoms with Gasteiger partial charge in [0.15, 0.2) is 0 Å². The number of anilines is 2. The standard InChI is InChI=1S/C11H14FN3O2/c12-8-2-3-10(9(13)6-8)14-11(16)7-15-4-1-5-17-15/h2-3,6H,1,4-5,7,13H2,(H,14,16). The summed E-state index contributed by atoms with van der Waals surface area (Å²) in [4.78, 5) is 16.8. The summed E-state index contributed by atoms with van der Waals surface area (Å²) in [5.41, 5.74) is 6.20. The van der Waals surface area contributed by atoms with Crippen molar-refractivity contribution in [3.63, 3.8) is 0 Å². The number of nitrogens with zero attached hydrogens (tertiary/aromatic N) is 1. The van der Waals surface area contributed by atoms with E-state index in [0.717, 1.165) is 13.0 Å². The Kier molecular flexibility index (Phi) is 3.55. The first kappa shape index (κ1) is 11.8. The second kappa shape index (κ2) is 5.11. The van der Waals surface area contributed by atoms with Crippen LogP contribution < -0.4 is 11.1 Å². The number of hydrogen-bond acceptors (Lipinski definition) is 4. The summed E-state index contributed by atoms with van der Waals surface area (Å²) in [5.74, 6) is -0.659. The van der Waals surface area contributed by atoms with Gasteiger partial charge in [-0.2, -0.15) is 5.06 Å². The van der Waals surface area contributed by atoms with Gasteiger partial charge in [0.2, 0.25) is 5.91 Å². The van der Waals surface area contributed by atoms with E-state index in [0.29, 0.717) is 12.3 Å². The summed E-state index contributed by atoms with van der Waals surface area (Å²) >= 11 is 0. The van der Waals surface area contributed by atoms with E-state index in [-0.39, 0.29) is 18.1 Å². The number of hydroxylamine groups is 2. The largest absolute Gasteiger partial charge is 0.397 e. The Morgan fingerprint density at radius 3 is 3.06 bits per heavy atom. The van der Waals surface area contributed by atoms with Crippen LogP contribution >= 0.6 is 0 Å². The zero-order valence-electron chi connectivity index (χ0n) is 9.28. The van der Waals surface area contributed by atoms with Crippen LogP contribution in [0.5, 0.6) is 0 Å². The number of nitrogens with one attached hydrogen (secondary N) is 1. The zero-order chi connectivity index (χ0) is 12.3. The van der Waals surface area contributed by atoms with Crippen LogP contribution in [0.15, 0.2) is 18.2 Å². The van der Waals surface area contributed by atoms with Gasteiger partial charge in [0, 0.05) is 6.54 Å². The topological polar surface area (TPSA) is 67.6 Å². The molecular weight excluding hydrogens is 225 g/mol. The Balaban J connectivity index is 1.93. The van der Waals surface area contributed by atoms with Gasteiger partial charge in [0.05, 0.1) is 18.0 Å². The number of halogens is 1. The van der Waals surface area contributed by atoms with Crippen molar-refractivity contribution in [2.75, 3.05) is 30.7 Å². The first-order valence-corrected chi connectivity index (χ1v) is 5.38. The molecule has 0 aromatic heterocycles. The van der Waals surface area contributed by atoms with Crippen molar-refractivity contribution in [1.29, 1.82) is 0 Å². The van der Waals surface area contributed by atoms with E-state index in [4.69, 9.17) is 10.6 Å². The maximum absolute atomic E-state index is 12.8. The summed E-state index contributed by atoms with van der Waals surface area (Å²) in [5, 5.41) is 4.20. The second-order valence-corrected chi connectivity index (χ2v) is 3.83. The lowest BCUT2D eigenvalue weighted by Crippen LogP contribution is -2.30. The van der Waals surface area contributed by atoms with Crippen LogP contribution in [0, 0.1) is 5.82 Å². The zero-order valence-corrected chi connectivity index (χ0v) is 9.28. The molecule has 1 aliphatic heterocycles. The molecular formula is C11H14FN3O2. The number of benzene rings is 1. The van der Waals surface area contributed by atoms with Crippen molar-refractivity contribution in [2.24, 2.45) is 0 Å². The van der Waals surface area contributed by atoms with E-state index in [9.17, 15) is 9.18 Å². The summed E-state index contributed by atoms with van der Waals surface area (Å²) in [7, 11) is 0. The minimum absolute atomic E-state index is 0.150. The summed E-state index contributed by atoms with van der Waals surface area (Å²) in [6.45, 7) is 1.54. The number of nitrogen functional groups attached to an aromatic ring is 1. The highest BCUT2D eigenvalue weighted by Crippen LogP contribution is 2.19. The van der Waals surface area contributed by atoms with E-state index in [1.54, 1.807) is 5.06 Å². The summed E-state index contributed by atoms with van der Waals surface area (Å²) in [6, 6.07) is 3.85. The molecule has 6 heteroatoms. The van der Waals surface area contributed by atoms with Crippen LogP contribution in [0.4, 0.5) is 15.8 Å². The van der Waals surface area contributed by atoms with Gasteiger partial charge in [-0.3, -0.25) is 9.63 Å². The van der Waals surface area contributed by atoms with Crippen molar-refractivity contribution < 1.29 is 14.0 Å². The lowest BCUT2D eigenvalue weighted by atomic mass is 10.2. The highest BCUT2D eigenvalue weighted by atomic mass is 19.1. The Morgan fingerprint density at radius 2 is 2.41 bits per heavy atom. The van der Waals surface area contributed by atoms with Crippen LogP contribution in [0.2, 0.25) is 0 Å². The maximum Gasteiger partial charge on any atom is 0.241 e. The van der Waals surface area contributed by atoms with Crippen LogP contribution in [-0.4, -0.2) is 30.7 Å². The smallest absolute Gasteiger partial charge is 0.241 e. The molecule has 3 N–H and O–H groups in total. The number of hydrogen-bond donors (Lipinski definition) is 2. The van der Waals surface area contributed by atoms with E-state index in [1.807, 2.05) is 0 Å². The van der Waals surface area contributed by atoms with E-state index in [1.165, 1.54) is 18.2 Å². The molecule has 1 aromatic rings. The molecule has 1 saturated heterocycles. The highest BCUT2D eigenvalue weighted by Gasteiger charge is 2.16. The molecule has 1 amide bonds. The number of rotatable bonds is 3. The first-order valence-electron chi connectivity index (χ1n) is 5.38. The minimum Gasteiger partial charge on any atom is -0.397 e. The average molecular weight is 239 g/mol. The van der Waals surface area contributed by atoms with Gasteiger partial charge < -0.3 is 11.1 Å². The third-order valence-corrected chi connectivity index (χ3v) is 2.43. The van der Waals surface area contributed by atoms with Crippen LogP contribution in [0.25, 0.3) is 0 Å². The molecule has 1 heterocycles. The van der Waals surface area contributed by atoms with Crippen LogP contribution in [0.1, 0.15) is 6.42 Å². The highest BCUT2D eigenvalue weighted by molar-refractivity contribution is 5.94. The molecule has 0 radical (unpaired) electrons. The number of nitrogens with two attached hydrogens (primary N) is 1. The van der Waals surface area contributed by atoms with Gasteiger partial charge >= 0.3 is 0 Å². The van der Waals surface area contributed by atoms with Gasteiger partial charge in [0.1, 0.15) is 12.4 Å². The molecule has 0 spiro atoms. The summed E-state index contributed by atoms with van der Waals surface area (Å²) in [6.07, 6.45) is 0.923. The van der Waals surface area contributed by atoms with Crippen LogP contribution in [0.3, 0.4) is 0 Å². The molecule has 0 bridgehead atoms. The fourth-order valence-corrected chi connectivity index (χ4v) is 1.62. The monoisotopic (exact) mass is 239 g/mol. The van der Waals surface area contributed by atoms with Crippen molar-refractivity contribution in [3.05, 3.63) is 24.0 Å². The number of carbonyl (C=O) groups excluding carboxylic acids is 1. The Labute approximate surface area is 98.3 Å². The molecule has 0 unspecified atom stereocenters. The Hall–Kier alpha value is -1.66. The van der Waals surface area contributed by atoms with Gasteiger partial charge in [-0.25, -0.2) is 4.39 Å². The van der Waals surface area contributed by atoms with Gasteiger partial charge in [-0.1, -0.05) is 0 Å². The maximum atomic E-state index is 12.8. The van der Waals surface area contributed by atoms with Crippen molar-refractivity contribution in [3.8, 4) is 0 Å². The van der Waals surface area contributed by atoms with E-state index in [2.05, 4.69) is 5.32 Å². The second-order valence-electron chi connectivity index (χ2n) is 3.83. The van der Waals surface area contributed by atoms with Gasteiger partial charge in [0.25, 0.3) is 0 Å². The van der Waals surface area contributed by atoms with Crippen molar-refractivity contribution in [2.45, 2.75) is 6.42 Å². The molecule has 5 nitrogen and oxygen atoms in total. The predicted octanol–water partition coefficient (Wildman–Crippen LogP) is 0.984. The molecule has 0 saturated carbocycles. The quantitative estimate of drug-likeness (QED) is 0.772. The Morgan fingerprint density at radius 1 is 1.59 bits per heavy atom. The lowest BCUT2D eigenvalue weighted by Gasteiger charge is -2.14. The normalized spacial score (nSPS) is 16.1. The lowest BCUT2D eigenvalue weighted by molar-refractivity contribution is -0.137. The van der Waals surface area contributed by atoms with Crippen molar-refractivity contribution >= 4 is 17.3 Å². The number of amides is 1. The molecule has 1 fully saturated rings. The SMILES string of the molecule is Nc1cc(F)ccc1NC(=O)CN1CCCO1. The first-order chi connectivity index (χ1) is 8.15. The molecule has 0 aliphatic carbocycles. The average Bonchev–Trinajstić information content (AvgIpc) is 2.75. The third kappa shape index (κ3) is 3.15. The molecule has 2 rings (SSSR count). The fraction of sp³-hybridized carbons (Fsp3) is 0.364. The van der Waals surface area contributed by atoms with Crippen molar-refractivity contribution in [1.82, 2.24) is 5.06 Å². The van der Waals surface area contributed by atoms with E-state index >= 15 is 0 Å². The predicted molar refractivity (Wildman–Crippen MR) is 61.6 cm³/mol. The molecule has 1 aromatic carbocycles. The molecule has 1 aliphatic rings. The van der Waals surface area contributed by atoms with E-state index < -0.39 is 5.82 Å². The molecule has 17 heavy (non-hydrogen) atoms. The minimum atomic E-state index is -0.427.